The number of anilines is 1. The van der Waals surface area contributed by atoms with E-state index in [-0.39, 0.29) is 5.91 Å². The van der Waals surface area contributed by atoms with Gasteiger partial charge in [-0.3, -0.25) is 9.69 Å². The zero-order valence-corrected chi connectivity index (χ0v) is 19.1. The summed E-state index contributed by atoms with van der Waals surface area (Å²) in [6.45, 7) is 4.02. The fourth-order valence-corrected chi connectivity index (χ4v) is 4.37. The van der Waals surface area contributed by atoms with Crippen molar-refractivity contribution in [3.05, 3.63) is 58.6 Å². The number of carbonyl (C=O) groups excluding carboxylic acids is 1. The molecule has 0 saturated heterocycles. The van der Waals surface area contributed by atoms with Gasteiger partial charge in [0, 0.05) is 22.0 Å². The number of nitrogens with zero attached hydrogens (tertiary/aromatic N) is 4. The highest BCUT2D eigenvalue weighted by Gasteiger charge is 2.36. The van der Waals surface area contributed by atoms with Gasteiger partial charge in [0.2, 0.25) is 23.2 Å². The average molecular weight is 485 g/mol. The number of halogens is 1. The summed E-state index contributed by atoms with van der Waals surface area (Å²) in [5, 5.41) is 9.22. The number of para-hydroxylation sites is 1. The normalized spacial score (nSPS) is 15.0. The molecule has 2 aromatic carbocycles. The molecule has 2 heterocycles. The number of ether oxygens (including phenoxy) is 1. The molecule has 0 unspecified atom stereocenters. The summed E-state index contributed by atoms with van der Waals surface area (Å²) in [6, 6.07) is 15.4. The van der Waals surface area contributed by atoms with E-state index in [0.717, 1.165) is 33.5 Å². The number of amides is 1. The number of aromatic nitrogens is 3. The van der Waals surface area contributed by atoms with Crippen LogP contribution in [0.2, 0.25) is 0 Å². The van der Waals surface area contributed by atoms with Crippen molar-refractivity contribution >= 4 is 39.3 Å². The summed E-state index contributed by atoms with van der Waals surface area (Å²) in [5.74, 6) is 1.18. The van der Waals surface area contributed by atoms with E-state index in [9.17, 15) is 4.79 Å². The lowest BCUT2D eigenvalue weighted by atomic mass is 10.1. The summed E-state index contributed by atoms with van der Waals surface area (Å²) in [5.41, 5.74) is 2.89. The Balaban J connectivity index is 1.95. The van der Waals surface area contributed by atoms with E-state index in [2.05, 4.69) is 31.1 Å². The van der Waals surface area contributed by atoms with Gasteiger partial charge in [-0.1, -0.05) is 77.9 Å². The van der Waals surface area contributed by atoms with Gasteiger partial charge >= 0.3 is 0 Å². The first-order valence-electron chi connectivity index (χ1n) is 9.84. The van der Waals surface area contributed by atoms with Crippen LogP contribution >= 0.6 is 27.7 Å². The fraction of sp³-hybridized carbons (Fsp3) is 0.273. The zero-order valence-electron chi connectivity index (χ0n) is 16.7. The average Bonchev–Trinajstić information content (AvgIpc) is 2.89. The van der Waals surface area contributed by atoms with Crippen LogP contribution in [0.25, 0.3) is 11.3 Å². The second kappa shape index (κ2) is 9.14. The molecular weight excluding hydrogens is 464 g/mol. The van der Waals surface area contributed by atoms with Crippen molar-refractivity contribution in [1.82, 2.24) is 15.2 Å². The molecule has 1 aliphatic rings. The molecule has 0 N–H and O–H groups in total. The predicted molar refractivity (Wildman–Crippen MR) is 122 cm³/mol. The first-order chi connectivity index (χ1) is 14.6. The van der Waals surface area contributed by atoms with E-state index in [4.69, 9.17) is 4.74 Å². The highest BCUT2D eigenvalue weighted by molar-refractivity contribution is 9.10. The van der Waals surface area contributed by atoms with Crippen LogP contribution in [0, 0.1) is 0 Å². The van der Waals surface area contributed by atoms with Gasteiger partial charge in [0.05, 0.1) is 5.69 Å². The topological polar surface area (TPSA) is 68.2 Å². The van der Waals surface area contributed by atoms with Crippen LogP contribution in [0.15, 0.2) is 58.2 Å². The van der Waals surface area contributed by atoms with E-state index in [1.165, 1.54) is 11.8 Å². The third-order valence-electron chi connectivity index (χ3n) is 4.69. The minimum absolute atomic E-state index is 0.0189. The zero-order chi connectivity index (χ0) is 21.1. The summed E-state index contributed by atoms with van der Waals surface area (Å²) in [4.78, 5) is 19.6. The number of hydrogen-bond acceptors (Lipinski definition) is 6. The molecule has 4 rings (SSSR count). The summed E-state index contributed by atoms with van der Waals surface area (Å²) in [7, 11) is 0. The molecule has 6 nitrogen and oxygen atoms in total. The molecule has 0 bridgehead atoms. The van der Waals surface area contributed by atoms with Crippen molar-refractivity contribution in [2.75, 3.05) is 10.7 Å². The predicted octanol–water partition coefficient (Wildman–Crippen LogP) is 5.64. The first-order valence-corrected chi connectivity index (χ1v) is 11.6. The Hall–Kier alpha value is -2.45. The van der Waals surface area contributed by atoms with Crippen molar-refractivity contribution in [2.45, 2.75) is 38.1 Å². The second-order valence-electron chi connectivity index (χ2n) is 6.70. The van der Waals surface area contributed by atoms with Gasteiger partial charge in [-0.15, -0.1) is 10.2 Å². The van der Waals surface area contributed by atoms with Gasteiger partial charge in [-0.2, -0.15) is 4.98 Å². The SMILES string of the molecule is CCCC(=O)N1c2ccccc2-c2nnc(SCC)nc2O[C@@H]1c1ccccc1Br. The monoisotopic (exact) mass is 484 g/mol. The van der Waals surface area contributed by atoms with Gasteiger partial charge in [-0.05, 0) is 24.3 Å². The summed E-state index contributed by atoms with van der Waals surface area (Å²) < 4.78 is 7.28. The van der Waals surface area contributed by atoms with E-state index in [1.807, 2.05) is 62.4 Å². The Kier molecular flexibility index (Phi) is 6.34. The molecule has 0 aliphatic carbocycles. The molecule has 0 fully saturated rings. The van der Waals surface area contributed by atoms with Crippen molar-refractivity contribution in [3.63, 3.8) is 0 Å². The molecule has 0 saturated carbocycles. The lowest BCUT2D eigenvalue weighted by Gasteiger charge is -2.31. The highest BCUT2D eigenvalue weighted by atomic mass is 79.9. The van der Waals surface area contributed by atoms with Gasteiger partial charge in [0.15, 0.2) is 5.69 Å². The van der Waals surface area contributed by atoms with E-state index in [1.54, 1.807) is 4.90 Å². The van der Waals surface area contributed by atoms with Crippen LogP contribution in [0.1, 0.15) is 38.5 Å². The fourth-order valence-electron chi connectivity index (χ4n) is 3.39. The maximum Gasteiger partial charge on any atom is 0.247 e. The Bertz CT molecular complexity index is 1080. The largest absolute Gasteiger partial charge is 0.447 e. The van der Waals surface area contributed by atoms with Crippen LogP contribution in [-0.2, 0) is 4.79 Å². The second-order valence-corrected chi connectivity index (χ2v) is 8.79. The van der Waals surface area contributed by atoms with Crippen LogP contribution in [0.4, 0.5) is 5.69 Å². The number of hydrogen-bond donors (Lipinski definition) is 0. The van der Waals surface area contributed by atoms with Crippen molar-refractivity contribution in [1.29, 1.82) is 0 Å². The molecule has 1 amide bonds. The number of rotatable bonds is 5. The quantitative estimate of drug-likeness (QED) is 0.436. The maximum absolute atomic E-state index is 13.3. The van der Waals surface area contributed by atoms with Gasteiger partial charge in [0.25, 0.3) is 0 Å². The van der Waals surface area contributed by atoms with Crippen LogP contribution in [0.3, 0.4) is 0 Å². The smallest absolute Gasteiger partial charge is 0.247 e. The van der Waals surface area contributed by atoms with Crippen LogP contribution in [0.5, 0.6) is 5.88 Å². The Morgan fingerprint density at radius 3 is 2.67 bits per heavy atom. The van der Waals surface area contributed by atoms with E-state index < -0.39 is 6.23 Å². The molecule has 1 atom stereocenters. The molecule has 0 radical (unpaired) electrons. The number of fused-ring (bicyclic) bond motifs is 3. The Morgan fingerprint density at radius 1 is 1.13 bits per heavy atom. The Morgan fingerprint density at radius 2 is 1.90 bits per heavy atom. The molecule has 1 aromatic heterocycles. The Labute approximate surface area is 188 Å². The van der Waals surface area contributed by atoms with Crippen molar-refractivity contribution < 1.29 is 9.53 Å². The van der Waals surface area contributed by atoms with Gasteiger partial charge in [0.1, 0.15) is 0 Å². The summed E-state index contributed by atoms with van der Waals surface area (Å²) >= 11 is 5.12. The number of thioether (sulfide) groups is 1. The molecule has 3 aromatic rings. The third kappa shape index (κ3) is 3.94. The van der Waals surface area contributed by atoms with Crippen LogP contribution < -0.4 is 9.64 Å². The standard InChI is InChI=1S/C22H21BrN4O2S/c1-3-9-18(28)27-17-13-8-6-11-15(17)19-20(24-22(26-25-19)30-4-2)29-21(27)14-10-5-7-12-16(14)23/h5-8,10-13,21H,3-4,9H2,1-2H3/t21-/m1/s1. The van der Waals surface area contributed by atoms with Crippen molar-refractivity contribution in [3.8, 4) is 17.1 Å². The molecular formula is C22H21BrN4O2S. The third-order valence-corrected chi connectivity index (χ3v) is 6.13. The van der Waals surface area contributed by atoms with E-state index in [0.29, 0.717) is 23.2 Å². The molecule has 30 heavy (non-hydrogen) atoms. The first kappa shape index (κ1) is 20.8. The molecule has 1 aliphatic heterocycles. The maximum atomic E-state index is 13.3. The number of carbonyl (C=O) groups is 1. The lowest BCUT2D eigenvalue weighted by Crippen LogP contribution is -2.37. The van der Waals surface area contributed by atoms with Gasteiger partial charge in [-0.25, -0.2) is 0 Å². The molecule has 154 valence electrons. The lowest BCUT2D eigenvalue weighted by molar-refractivity contribution is -0.120. The van der Waals surface area contributed by atoms with Crippen molar-refractivity contribution in [2.24, 2.45) is 0 Å². The number of benzene rings is 2. The summed E-state index contributed by atoms with van der Waals surface area (Å²) in [6.07, 6.45) is 0.464. The minimum atomic E-state index is -0.682. The van der Waals surface area contributed by atoms with Gasteiger partial charge < -0.3 is 4.74 Å². The minimum Gasteiger partial charge on any atom is -0.447 e. The molecule has 0 spiro atoms. The van der Waals surface area contributed by atoms with Crippen LogP contribution in [-0.4, -0.2) is 26.8 Å². The molecule has 8 heteroatoms. The highest BCUT2D eigenvalue weighted by Crippen LogP contribution is 2.44. The van der Waals surface area contributed by atoms with E-state index >= 15 is 0 Å².